The van der Waals surface area contributed by atoms with Gasteiger partial charge in [-0.3, -0.25) is 4.79 Å². The van der Waals surface area contributed by atoms with Crippen molar-refractivity contribution in [3.8, 4) is 0 Å². The summed E-state index contributed by atoms with van der Waals surface area (Å²) >= 11 is 9.46. The number of nitrogens with zero attached hydrogens (tertiary/aromatic N) is 1. The number of carbonyl (C=O) groups is 1. The predicted molar refractivity (Wildman–Crippen MR) is 81.8 cm³/mol. The molecule has 0 spiro atoms. The molecule has 2 rings (SSSR count). The van der Waals surface area contributed by atoms with Crippen LogP contribution >= 0.6 is 27.5 Å². The average molecular weight is 346 g/mol. The summed E-state index contributed by atoms with van der Waals surface area (Å²) in [6.45, 7) is 5.20. The Morgan fingerprint density at radius 3 is 2.84 bits per heavy atom. The van der Waals surface area contributed by atoms with Crippen molar-refractivity contribution in [1.82, 2.24) is 10.2 Å². The van der Waals surface area contributed by atoms with E-state index in [-0.39, 0.29) is 11.9 Å². The van der Waals surface area contributed by atoms with E-state index in [0.29, 0.717) is 10.6 Å². The van der Waals surface area contributed by atoms with Crippen LogP contribution in [-0.4, -0.2) is 36.5 Å². The van der Waals surface area contributed by atoms with Crippen molar-refractivity contribution in [3.05, 3.63) is 33.3 Å². The first-order valence-corrected chi connectivity index (χ1v) is 7.72. The molecule has 1 fully saturated rings. The first-order chi connectivity index (χ1) is 9.08. The third-order valence-electron chi connectivity index (χ3n) is 3.30. The molecule has 1 amide bonds. The topological polar surface area (TPSA) is 32.3 Å². The lowest BCUT2D eigenvalue weighted by molar-refractivity contribution is 0.0932. The number of carbonyl (C=O) groups excluding carboxylic acids is 1. The third-order valence-corrected chi connectivity index (χ3v) is 4.60. The highest BCUT2D eigenvalue weighted by molar-refractivity contribution is 9.10. The molecule has 1 N–H and O–H groups in total. The predicted octanol–water partition coefficient (Wildman–Crippen LogP) is 3.32. The van der Waals surface area contributed by atoms with E-state index in [2.05, 4.69) is 26.1 Å². The maximum atomic E-state index is 12.2. The van der Waals surface area contributed by atoms with Crippen LogP contribution in [0.2, 0.25) is 5.02 Å². The van der Waals surface area contributed by atoms with Crippen molar-refractivity contribution in [2.24, 2.45) is 0 Å². The summed E-state index contributed by atoms with van der Waals surface area (Å²) < 4.78 is 0.744. The van der Waals surface area contributed by atoms with Crippen LogP contribution in [-0.2, 0) is 0 Å². The van der Waals surface area contributed by atoms with Crippen LogP contribution in [0.25, 0.3) is 0 Å². The zero-order valence-electron chi connectivity index (χ0n) is 11.0. The summed E-state index contributed by atoms with van der Waals surface area (Å²) in [5, 5.41) is 3.47. The summed E-state index contributed by atoms with van der Waals surface area (Å²) in [6, 6.07) is 5.51. The van der Waals surface area contributed by atoms with Crippen LogP contribution < -0.4 is 5.32 Å². The lowest BCUT2D eigenvalue weighted by atomic mass is 10.2. The zero-order chi connectivity index (χ0) is 13.8. The Labute approximate surface area is 127 Å². The standard InChI is InChI=1S/C14H18BrClN2O/c1-10(9-18-7-2-3-8-18)17-14(19)11-5-4-6-12(15)13(11)16/h4-6,10H,2-3,7-9H2,1H3,(H,17,19). The fourth-order valence-electron chi connectivity index (χ4n) is 2.38. The highest BCUT2D eigenvalue weighted by Gasteiger charge is 2.18. The Morgan fingerprint density at radius 2 is 2.16 bits per heavy atom. The Morgan fingerprint density at radius 1 is 1.47 bits per heavy atom. The Hall–Kier alpha value is -0.580. The fourth-order valence-corrected chi connectivity index (χ4v) is 2.96. The molecule has 19 heavy (non-hydrogen) atoms. The van der Waals surface area contributed by atoms with E-state index < -0.39 is 0 Å². The molecule has 1 saturated heterocycles. The molecule has 1 aromatic carbocycles. The van der Waals surface area contributed by atoms with Gasteiger partial charge in [0, 0.05) is 17.1 Å². The second-order valence-electron chi connectivity index (χ2n) is 4.98. The van der Waals surface area contributed by atoms with Crippen LogP contribution in [0.5, 0.6) is 0 Å². The third kappa shape index (κ3) is 3.94. The van der Waals surface area contributed by atoms with E-state index in [4.69, 9.17) is 11.6 Å². The van der Waals surface area contributed by atoms with Gasteiger partial charge in [0.25, 0.3) is 5.91 Å². The van der Waals surface area contributed by atoms with Crippen LogP contribution in [0, 0.1) is 0 Å². The van der Waals surface area contributed by atoms with Gasteiger partial charge >= 0.3 is 0 Å². The molecule has 1 unspecified atom stereocenters. The fraction of sp³-hybridized carbons (Fsp3) is 0.500. The van der Waals surface area contributed by atoms with Crippen LogP contribution in [0.3, 0.4) is 0 Å². The molecule has 0 bridgehead atoms. The van der Waals surface area contributed by atoms with Crippen molar-refractivity contribution in [1.29, 1.82) is 0 Å². The summed E-state index contributed by atoms with van der Waals surface area (Å²) in [7, 11) is 0. The second-order valence-corrected chi connectivity index (χ2v) is 6.22. The van der Waals surface area contributed by atoms with E-state index >= 15 is 0 Å². The average Bonchev–Trinajstić information content (AvgIpc) is 2.85. The minimum atomic E-state index is -0.113. The van der Waals surface area contributed by atoms with Gasteiger partial charge in [-0.1, -0.05) is 17.7 Å². The first-order valence-electron chi connectivity index (χ1n) is 6.55. The molecule has 0 aromatic heterocycles. The molecule has 3 nitrogen and oxygen atoms in total. The summed E-state index contributed by atoms with van der Waals surface area (Å²) in [5.41, 5.74) is 0.518. The van der Waals surface area contributed by atoms with Gasteiger partial charge in [-0.05, 0) is 60.9 Å². The molecule has 0 saturated carbocycles. The van der Waals surface area contributed by atoms with Crippen molar-refractivity contribution in [3.63, 3.8) is 0 Å². The molecule has 1 aromatic rings. The number of hydrogen-bond donors (Lipinski definition) is 1. The SMILES string of the molecule is CC(CN1CCCC1)NC(=O)c1cccc(Br)c1Cl. The highest BCUT2D eigenvalue weighted by atomic mass is 79.9. The minimum Gasteiger partial charge on any atom is -0.348 e. The smallest absolute Gasteiger partial charge is 0.253 e. The lowest BCUT2D eigenvalue weighted by Crippen LogP contribution is -2.41. The lowest BCUT2D eigenvalue weighted by Gasteiger charge is -2.21. The number of halogens is 2. The summed E-state index contributed by atoms with van der Waals surface area (Å²) in [5.74, 6) is -0.113. The van der Waals surface area contributed by atoms with E-state index in [1.165, 1.54) is 12.8 Å². The van der Waals surface area contributed by atoms with E-state index in [9.17, 15) is 4.79 Å². The number of nitrogens with one attached hydrogen (secondary N) is 1. The van der Waals surface area contributed by atoms with Crippen molar-refractivity contribution in [2.45, 2.75) is 25.8 Å². The largest absolute Gasteiger partial charge is 0.348 e. The van der Waals surface area contributed by atoms with E-state index in [0.717, 1.165) is 24.1 Å². The molecule has 0 radical (unpaired) electrons. The van der Waals surface area contributed by atoms with E-state index in [1.807, 2.05) is 19.1 Å². The second kappa shape index (κ2) is 6.73. The first kappa shape index (κ1) is 14.8. The maximum Gasteiger partial charge on any atom is 0.253 e. The van der Waals surface area contributed by atoms with Gasteiger partial charge in [-0.15, -0.1) is 0 Å². The molecule has 104 valence electrons. The van der Waals surface area contributed by atoms with Gasteiger partial charge in [0.15, 0.2) is 0 Å². The van der Waals surface area contributed by atoms with E-state index in [1.54, 1.807) is 6.07 Å². The molecule has 1 heterocycles. The van der Waals surface area contributed by atoms with Crippen LogP contribution in [0.1, 0.15) is 30.1 Å². The number of likely N-dealkylation sites (tertiary alicyclic amines) is 1. The van der Waals surface area contributed by atoms with Crippen molar-refractivity contribution < 1.29 is 4.79 Å². The maximum absolute atomic E-state index is 12.2. The summed E-state index contributed by atoms with van der Waals surface area (Å²) in [6.07, 6.45) is 2.52. The Balaban J connectivity index is 1.94. The minimum absolute atomic E-state index is 0.113. The molecular formula is C14H18BrClN2O. The molecule has 1 aliphatic rings. The number of hydrogen-bond acceptors (Lipinski definition) is 2. The molecule has 1 atom stereocenters. The number of amides is 1. The summed E-state index contributed by atoms with van der Waals surface area (Å²) in [4.78, 5) is 14.5. The van der Waals surface area contributed by atoms with Gasteiger partial charge in [0.05, 0.1) is 10.6 Å². The molecule has 1 aliphatic heterocycles. The van der Waals surface area contributed by atoms with Crippen molar-refractivity contribution in [2.75, 3.05) is 19.6 Å². The normalized spacial score (nSPS) is 17.4. The van der Waals surface area contributed by atoms with Gasteiger partial charge in [0.1, 0.15) is 0 Å². The van der Waals surface area contributed by atoms with Gasteiger partial charge in [-0.2, -0.15) is 0 Å². The highest BCUT2D eigenvalue weighted by Crippen LogP contribution is 2.25. The van der Waals surface area contributed by atoms with Crippen LogP contribution in [0.15, 0.2) is 22.7 Å². The Kier molecular flexibility index (Phi) is 5.25. The monoisotopic (exact) mass is 344 g/mol. The van der Waals surface area contributed by atoms with Gasteiger partial charge in [-0.25, -0.2) is 0 Å². The Bertz CT molecular complexity index is 461. The quantitative estimate of drug-likeness (QED) is 0.908. The number of benzene rings is 1. The molecule has 0 aliphatic carbocycles. The molecular weight excluding hydrogens is 328 g/mol. The number of rotatable bonds is 4. The van der Waals surface area contributed by atoms with Crippen LogP contribution in [0.4, 0.5) is 0 Å². The van der Waals surface area contributed by atoms with Gasteiger partial charge < -0.3 is 10.2 Å². The molecule has 5 heteroatoms. The zero-order valence-corrected chi connectivity index (χ0v) is 13.3. The van der Waals surface area contributed by atoms with Gasteiger partial charge in [0.2, 0.25) is 0 Å². The van der Waals surface area contributed by atoms with Crippen molar-refractivity contribution >= 4 is 33.4 Å².